The van der Waals surface area contributed by atoms with E-state index in [9.17, 15) is 0 Å². The number of aromatic nitrogens is 2. The summed E-state index contributed by atoms with van der Waals surface area (Å²) in [5.41, 5.74) is 2.42. The zero-order chi connectivity index (χ0) is 12.1. The molecule has 0 fully saturated rings. The fourth-order valence-electron chi connectivity index (χ4n) is 2.16. The molecule has 4 heteroatoms. The second-order valence-corrected chi connectivity index (χ2v) is 4.36. The first kappa shape index (κ1) is 12.5. The van der Waals surface area contributed by atoms with Gasteiger partial charge in [-0.2, -0.15) is 0 Å². The minimum Gasteiger partial charge on any atom is -0.371 e. The number of hydrogen-bond acceptors (Lipinski definition) is 4. The molecule has 17 heavy (non-hydrogen) atoms. The minimum absolute atomic E-state index is 0.0604. The van der Waals surface area contributed by atoms with Crippen LogP contribution in [0.2, 0.25) is 0 Å². The Balaban J connectivity index is 2.18. The Kier molecular flexibility index (Phi) is 4.45. The van der Waals surface area contributed by atoms with Crippen molar-refractivity contribution >= 4 is 0 Å². The van der Waals surface area contributed by atoms with Gasteiger partial charge in [0.15, 0.2) is 5.82 Å². The van der Waals surface area contributed by atoms with Crippen LogP contribution >= 0.6 is 0 Å². The van der Waals surface area contributed by atoms with Gasteiger partial charge in [0.05, 0.1) is 0 Å². The van der Waals surface area contributed by atoms with Crippen molar-refractivity contribution in [2.24, 2.45) is 0 Å². The van der Waals surface area contributed by atoms with Crippen LogP contribution in [-0.4, -0.2) is 23.1 Å². The van der Waals surface area contributed by atoms with Crippen LogP contribution in [0.5, 0.6) is 0 Å². The predicted molar refractivity (Wildman–Crippen MR) is 66.7 cm³/mol. The maximum absolute atomic E-state index is 5.72. The van der Waals surface area contributed by atoms with Crippen molar-refractivity contribution in [1.82, 2.24) is 15.3 Å². The molecule has 0 spiro atoms. The first-order valence-corrected chi connectivity index (χ1v) is 6.52. The molecule has 1 atom stereocenters. The maximum atomic E-state index is 5.72. The van der Waals surface area contributed by atoms with Crippen LogP contribution in [0, 0.1) is 0 Å². The number of nitrogens with zero attached hydrogens (tertiary/aromatic N) is 2. The van der Waals surface area contributed by atoms with E-state index in [0.29, 0.717) is 6.61 Å². The summed E-state index contributed by atoms with van der Waals surface area (Å²) in [6.07, 6.45) is 5.09. The van der Waals surface area contributed by atoms with Crippen molar-refractivity contribution in [1.29, 1.82) is 0 Å². The first-order valence-electron chi connectivity index (χ1n) is 6.52. The van der Waals surface area contributed by atoms with Crippen LogP contribution in [0.3, 0.4) is 0 Å². The molecule has 1 aromatic heterocycles. The molecule has 2 heterocycles. The van der Waals surface area contributed by atoms with E-state index in [4.69, 9.17) is 4.74 Å². The molecule has 0 saturated carbocycles. The normalized spacial score (nSPS) is 16.6. The quantitative estimate of drug-likeness (QED) is 0.848. The predicted octanol–water partition coefficient (Wildman–Crippen LogP) is 2.00. The molecule has 0 aliphatic carbocycles. The van der Waals surface area contributed by atoms with Gasteiger partial charge >= 0.3 is 0 Å². The van der Waals surface area contributed by atoms with E-state index in [0.717, 1.165) is 38.2 Å². The molecule has 1 N–H and O–H groups in total. The molecule has 1 aromatic rings. The number of nitrogens with one attached hydrogen (secondary N) is 1. The average Bonchev–Trinajstić information content (AvgIpc) is 2.38. The number of ether oxygens (including phenoxy) is 1. The minimum atomic E-state index is 0.0604. The van der Waals surface area contributed by atoms with E-state index in [1.807, 2.05) is 13.1 Å². The monoisotopic (exact) mass is 235 g/mol. The molecule has 4 nitrogen and oxygen atoms in total. The van der Waals surface area contributed by atoms with E-state index in [1.165, 1.54) is 11.3 Å². The van der Waals surface area contributed by atoms with E-state index in [-0.39, 0.29) is 6.10 Å². The van der Waals surface area contributed by atoms with Crippen LogP contribution in [0.1, 0.15) is 49.9 Å². The summed E-state index contributed by atoms with van der Waals surface area (Å²) in [6, 6.07) is 0. The van der Waals surface area contributed by atoms with Gasteiger partial charge in [0.25, 0.3) is 0 Å². The van der Waals surface area contributed by atoms with E-state index in [1.54, 1.807) is 0 Å². The van der Waals surface area contributed by atoms with Gasteiger partial charge in [0, 0.05) is 43.6 Å². The van der Waals surface area contributed by atoms with Crippen molar-refractivity contribution in [2.75, 3.05) is 13.2 Å². The topological polar surface area (TPSA) is 47.0 Å². The van der Waals surface area contributed by atoms with E-state index < -0.39 is 0 Å². The van der Waals surface area contributed by atoms with Crippen molar-refractivity contribution < 1.29 is 4.74 Å². The number of rotatable bonds is 5. The van der Waals surface area contributed by atoms with Crippen molar-refractivity contribution in [3.8, 4) is 0 Å². The summed E-state index contributed by atoms with van der Waals surface area (Å²) in [7, 11) is 0. The highest BCUT2D eigenvalue weighted by atomic mass is 16.5. The molecular formula is C13H21N3O. The summed E-state index contributed by atoms with van der Waals surface area (Å²) in [5.74, 6) is 0.856. The Morgan fingerprint density at radius 2 is 2.35 bits per heavy atom. The molecule has 0 bridgehead atoms. The third kappa shape index (κ3) is 3.01. The lowest BCUT2D eigenvalue weighted by molar-refractivity contribution is 0.0491. The zero-order valence-corrected chi connectivity index (χ0v) is 10.7. The van der Waals surface area contributed by atoms with Crippen LogP contribution < -0.4 is 5.32 Å². The second-order valence-electron chi connectivity index (χ2n) is 4.36. The molecular weight excluding hydrogens is 214 g/mol. The van der Waals surface area contributed by atoms with Gasteiger partial charge in [-0.05, 0) is 13.3 Å². The molecule has 1 unspecified atom stereocenters. The highest BCUT2D eigenvalue weighted by Crippen LogP contribution is 2.21. The molecule has 94 valence electrons. The van der Waals surface area contributed by atoms with E-state index in [2.05, 4.69) is 22.2 Å². The van der Waals surface area contributed by atoms with Crippen LogP contribution in [-0.2, 0) is 17.7 Å². The van der Waals surface area contributed by atoms with Crippen molar-refractivity contribution in [2.45, 2.75) is 45.8 Å². The SMILES string of the molecule is CCCC(OCC)c1ncc2c(n1)CCNC2. The maximum Gasteiger partial charge on any atom is 0.157 e. The number of fused-ring (bicyclic) bond motifs is 1. The molecule has 0 radical (unpaired) electrons. The Morgan fingerprint density at radius 1 is 1.47 bits per heavy atom. The highest BCUT2D eigenvalue weighted by molar-refractivity contribution is 5.20. The van der Waals surface area contributed by atoms with Crippen molar-refractivity contribution in [3.05, 3.63) is 23.3 Å². The highest BCUT2D eigenvalue weighted by Gasteiger charge is 2.17. The molecule has 1 aliphatic heterocycles. The van der Waals surface area contributed by atoms with Gasteiger partial charge in [-0.15, -0.1) is 0 Å². The largest absolute Gasteiger partial charge is 0.371 e. The third-order valence-corrected chi connectivity index (χ3v) is 3.03. The van der Waals surface area contributed by atoms with Gasteiger partial charge in [0.1, 0.15) is 6.10 Å². The fourth-order valence-corrected chi connectivity index (χ4v) is 2.16. The molecule has 0 saturated heterocycles. The fraction of sp³-hybridized carbons (Fsp3) is 0.692. The smallest absolute Gasteiger partial charge is 0.157 e. The lowest BCUT2D eigenvalue weighted by atomic mass is 10.1. The lowest BCUT2D eigenvalue weighted by Crippen LogP contribution is -2.25. The van der Waals surface area contributed by atoms with E-state index >= 15 is 0 Å². The van der Waals surface area contributed by atoms with Gasteiger partial charge < -0.3 is 10.1 Å². The van der Waals surface area contributed by atoms with Crippen LogP contribution in [0.4, 0.5) is 0 Å². The standard InChI is InChI=1S/C13H21N3O/c1-3-5-12(17-4-2)13-15-9-10-8-14-7-6-11(10)16-13/h9,12,14H,3-8H2,1-2H3. The average molecular weight is 235 g/mol. The van der Waals surface area contributed by atoms with Gasteiger partial charge in [-0.1, -0.05) is 13.3 Å². The zero-order valence-electron chi connectivity index (χ0n) is 10.7. The summed E-state index contributed by atoms with van der Waals surface area (Å²) in [6.45, 7) is 6.80. The molecule has 1 aliphatic rings. The Morgan fingerprint density at radius 3 is 3.12 bits per heavy atom. The summed E-state index contributed by atoms with van der Waals surface area (Å²) < 4.78 is 5.72. The first-order chi connectivity index (χ1) is 8.35. The number of hydrogen-bond donors (Lipinski definition) is 1. The molecule has 0 amide bonds. The van der Waals surface area contributed by atoms with Crippen LogP contribution in [0.15, 0.2) is 6.20 Å². The third-order valence-electron chi connectivity index (χ3n) is 3.03. The van der Waals surface area contributed by atoms with Crippen molar-refractivity contribution in [3.63, 3.8) is 0 Å². The Labute approximate surface area is 103 Å². The summed E-state index contributed by atoms with van der Waals surface area (Å²) >= 11 is 0. The van der Waals surface area contributed by atoms with Crippen LogP contribution in [0.25, 0.3) is 0 Å². The Hall–Kier alpha value is -1.00. The molecule has 0 aromatic carbocycles. The Bertz CT molecular complexity index is 362. The second kappa shape index (κ2) is 6.07. The van der Waals surface area contributed by atoms with Gasteiger partial charge in [-0.25, -0.2) is 9.97 Å². The van der Waals surface area contributed by atoms with Gasteiger partial charge in [0.2, 0.25) is 0 Å². The lowest BCUT2D eigenvalue weighted by Gasteiger charge is -2.19. The van der Waals surface area contributed by atoms with Gasteiger partial charge in [-0.3, -0.25) is 0 Å². The molecule has 2 rings (SSSR count). The summed E-state index contributed by atoms with van der Waals surface area (Å²) in [4.78, 5) is 9.13. The summed E-state index contributed by atoms with van der Waals surface area (Å²) in [5, 5.41) is 3.33.